The fraction of sp³-hybridized carbons (Fsp3) is 1.00. The van der Waals surface area contributed by atoms with E-state index in [1.54, 1.807) is 0 Å². The number of rotatable bonds is 0. The smallest absolute Gasteiger partial charge is 0.109 e. The van der Waals surface area contributed by atoms with Crippen LogP contribution >= 0.6 is 23.5 Å². The maximum atomic E-state index is 5.79. The lowest BCUT2D eigenvalue weighted by Gasteiger charge is -2.34. The summed E-state index contributed by atoms with van der Waals surface area (Å²) in [6.07, 6.45) is 1.49. The molecule has 0 aliphatic carbocycles. The Bertz CT molecular complexity index is 260. The molecule has 4 heterocycles. The molecule has 4 atom stereocenters. The van der Waals surface area contributed by atoms with E-state index in [9.17, 15) is 0 Å². The highest BCUT2D eigenvalue weighted by atomic mass is 32.2. The molecular weight excluding hydrogens is 232 g/mol. The van der Waals surface area contributed by atoms with Gasteiger partial charge in [0.2, 0.25) is 0 Å². The van der Waals surface area contributed by atoms with Crippen molar-refractivity contribution >= 4 is 23.5 Å². The van der Waals surface area contributed by atoms with Crippen molar-refractivity contribution in [3.05, 3.63) is 0 Å². The van der Waals surface area contributed by atoms with E-state index in [0.29, 0.717) is 24.4 Å². The van der Waals surface area contributed by atoms with Crippen molar-refractivity contribution in [3.8, 4) is 0 Å². The second-order valence-electron chi connectivity index (χ2n) is 4.58. The van der Waals surface area contributed by atoms with Gasteiger partial charge in [-0.05, 0) is 0 Å². The Labute approximate surface area is 97.6 Å². The van der Waals surface area contributed by atoms with E-state index in [0.717, 1.165) is 13.2 Å². The Morgan fingerprint density at radius 3 is 2.33 bits per heavy atom. The van der Waals surface area contributed by atoms with Crippen LogP contribution in [-0.2, 0) is 14.2 Å². The van der Waals surface area contributed by atoms with Crippen LogP contribution in [0.3, 0.4) is 0 Å². The summed E-state index contributed by atoms with van der Waals surface area (Å²) >= 11 is 4.14. The monoisotopic (exact) mass is 246 g/mol. The van der Waals surface area contributed by atoms with Crippen LogP contribution in [0.2, 0.25) is 0 Å². The minimum absolute atomic E-state index is 0.252. The first kappa shape index (κ1) is 9.59. The van der Waals surface area contributed by atoms with Gasteiger partial charge in [-0.1, -0.05) is 0 Å². The highest BCUT2D eigenvalue weighted by Gasteiger charge is 2.67. The number of ether oxygens (including phenoxy) is 3. The summed E-state index contributed by atoms with van der Waals surface area (Å²) in [7, 11) is 0. The maximum absolute atomic E-state index is 5.79. The maximum Gasteiger partial charge on any atom is 0.109 e. The Morgan fingerprint density at radius 2 is 1.73 bits per heavy atom. The quantitative estimate of drug-likeness (QED) is 0.590. The van der Waals surface area contributed by atoms with Gasteiger partial charge < -0.3 is 14.2 Å². The molecular formula is C10H14O3S2. The van der Waals surface area contributed by atoms with Crippen molar-refractivity contribution in [1.29, 1.82) is 0 Å². The Kier molecular flexibility index (Phi) is 2.11. The molecule has 4 aliphatic heterocycles. The van der Waals surface area contributed by atoms with Crippen molar-refractivity contribution in [1.82, 2.24) is 0 Å². The second-order valence-corrected chi connectivity index (χ2v) is 7.15. The predicted octanol–water partition coefficient (Wildman–Crippen LogP) is 0.770. The Morgan fingerprint density at radius 1 is 1.00 bits per heavy atom. The lowest BCUT2D eigenvalue weighted by molar-refractivity contribution is 0.101. The van der Waals surface area contributed by atoms with Crippen LogP contribution in [-0.4, -0.2) is 59.6 Å². The third kappa shape index (κ3) is 1.40. The first-order chi connectivity index (χ1) is 7.40. The SMILES string of the molecule is C1CSC2(CS1)C1OC1COCC1OC12. The summed E-state index contributed by atoms with van der Waals surface area (Å²) in [5.41, 5.74) is 0. The summed E-state index contributed by atoms with van der Waals surface area (Å²) in [6, 6.07) is 0. The van der Waals surface area contributed by atoms with E-state index in [1.165, 1.54) is 17.3 Å². The molecule has 3 nitrogen and oxygen atoms in total. The van der Waals surface area contributed by atoms with E-state index < -0.39 is 0 Å². The number of fused-ring (bicyclic) bond motifs is 4. The normalized spacial score (nSPS) is 57.6. The highest BCUT2D eigenvalue weighted by Crippen LogP contribution is 2.55. The molecule has 4 fully saturated rings. The molecule has 0 aromatic rings. The largest absolute Gasteiger partial charge is 0.376 e. The van der Waals surface area contributed by atoms with Gasteiger partial charge in [0.15, 0.2) is 0 Å². The molecule has 0 bridgehead atoms. The van der Waals surface area contributed by atoms with Crippen molar-refractivity contribution < 1.29 is 14.2 Å². The fourth-order valence-electron chi connectivity index (χ4n) is 2.75. The minimum Gasteiger partial charge on any atom is -0.376 e. The molecule has 0 aromatic heterocycles. The number of epoxide rings is 2. The third-order valence-electron chi connectivity index (χ3n) is 3.62. The zero-order valence-electron chi connectivity index (χ0n) is 8.39. The standard InChI is InChI=1S/C10H14O3S2/c1-2-15-10(5-14-1)8-6(12-8)3-11-4-7-9(10)13-7/h6-9H,1-5H2. The molecule has 4 saturated heterocycles. The average molecular weight is 246 g/mol. The van der Waals surface area contributed by atoms with Gasteiger partial charge in [-0.25, -0.2) is 0 Å². The molecule has 15 heavy (non-hydrogen) atoms. The summed E-state index contributed by atoms with van der Waals surface area (Å²) < 4.78 is 17.4. The molecule has 0 saturated carbocycles. The molecule has 84 valence electrons. The second kappa shape index (κ2) is 3.29. The first-order valence-electron chi connectivity index (χ1n) is 5.50. The van der Waals surface area contributed by atoms with Crippen LogP contribution in [0.25, 0.3) is 0 Å². The van der Waals surface area contributed by atoms with Crippen LogP contribution in [0.15, 0.2) is 0 Å². The lowest BCUT2D eigenvalue weighted by Crippen LogP contribution is -2.47. The fourth-order valence-corrected chi connectivity index (χ4v) is 6.06. The molecule has 0 aromatic carbocycles. The van der Waals surface area contributed by atoms with Gasteiger partial charge in [-0.15, -0.1) is 11.8 Å². The van der Waals surface area contributed by atoms with Crippen molar-refractivity contribution in [2.45, 2.75) is 29.2 Å². The minimum atomic E-state index is 0.252. The average Bonchev–Trinajstić information content (AvgIpc) is 3.13. The topological polar surface area (TPSA) is 34.3 Å². The van der Waals surface area contributed by atoms with Gasteiger partial charge in [-0.2, -0.15) is 11.8 Å². The van der Waals surface area contributed by atoms with Crippen molar-refractivity contribution in [2.75, 3.05) is 30.5 Å². The Balaban J connectivity index is 1.63. The molecule has 0 N–H and O–H groups in total. The number of hydrogen-bond acceptors (Lipinski definition) is 5. The highest BCUT2D eigenvalue weighted by molar-refractivity contribution is 8.07. The zero-order valence-corrected chi connectivity index (χ0v) is 10.0. The summed E-state index contributed by atoms with van der Waals surface area (Å²) in [5.74, 6) is 3.71. The van der Waals surface area contributed by atoms with Crippen LogP contribution in [0.5, 0.6) is 0 Å². The van der Waals surface area contributed by atoms with Crippen LogP contribution < -0.4 is 0 Å². The summed E-state index contributed by atoms with van der Waals surface area (Å²) in [6.45, 7) is 1.54. The molecule has 5 heteroatoms. The zero-order chi connectivity index (χ0) is 9.88. The molecule has 4 unspecified atom stereocenters. The van der Waals surface area contributed by atoms with Gasteiger partial charge in [0, 0.05) is 17.3 Å². The molecule has 4 aliphatic rings. The van der Waals surface area contributed by atoms with Crippen LogP contribution in [0.1, 0.15) is 0 Å². The van der Waals surface area contributed by atoms with E-state index in [2.05, 4.69) is 23.5 Å². The number of thioether (sulfide) groups is 2. The van der Waals surface area contributed by atoms with Crippen molar-refractivity contribution in [3.63, 3.8) is 0 Å². The van der Waals surface area contributed by atoms with Gasteiger partial charge in [0.25, 0.3) is 0 Å². The van der Waals surface area contributed by atoms with Gasteiger partial charge in [0.1, 0.15) is 24.4 Å². The van der Waals surface area contributed by atoms with Gasteiger partial charge >= 0.3 is 0 Å². The van der Waals surface area contributed by atoms with E-state index in [4.69, 9.17) is 14.2 Å². The predicted molar refractivity (Wildman–Crippen MR) is 60.7 cm³/mol. The first-order valence-corrected chi connectivity index (χ1v) is 7.64. The van der Waals surface area contributed by atoms with Crippen LogP contribution in [0.4, 0.5) is 0 Å². The summed E-state index contributed by atoms with van der Waals surface area (Å²) in [4.78, 5) is 0. The Hall–Kier alpha value is 0.580. The number of hydrogen-bond donors (Lipinski definition) is 0. The van der Waals surface area contributed by atoms with Crippen LogP contribution in [0, 0.1) is 0 Å². The third-order valence-corrected chi connectivity index (χ3v) is 6.79. The molecule has 4 rings (SSSR count). The van der Waals surface area contributed by atoms with Crippen molar-refractivity contribution in [2.24, 2.45) is 0 Å². The van der Waals surface area contributed by atoms with E-state index in [1.807, 2.05) is 0 Å². The van der Waals surface area contributed by atoms with E-state index in [-0.39, 0.29) is 4.75 Å². The lowest BCUT2D eigenvalue weighted by atomic mass is 9.97. The molecule has 0 amide bonds. The van der Waals surface area contributed by atoms with Gasteiger partial charge in [0.05, 0.1) is 18.0 Å². The van der Waals surface area contributed by atoms with E-state index >= 15 is 0 Å². The molecule has 1 spiro atoms. The van der Waals surface area contributed by atoms with Gasteiger partial charge in [-0.3, -0.25) is 0 Å². The summed E-state index contributed by atoms with van der Waals surface area (Å²) in [5, 5.41) is 0. The molecule has 0 radical (unpaired) electrons.